The second-order valence-electron chi connectivity index (χ2n) is 4.97. The maximum absolute atomic E-state index is 12.9. The summed E-state index contributed by atoms with van der Waals surface area (Å²) in [5, 5.41) is 0. The minimum Gasteiger partial charge on any atom is -0.348 e. The largest absolute Gasteiger partial charge is 0.348 e. The maximum Gasteiger partial charge on any atom is 0.236 e. The molecule has 0 bridgehead atoms. The molecule has 4 heteroatoms. The SMILES string of the molecule is CN(C)C(=O)CN1CCCC1c1ccc(F)cc1. The fourth-order valence-corrected chi connectivity index (χ4v) is 2.39. The molecule has 1 heterocycles. The van der Waals surface area contributed by atoms with E-state index in [2.05, 4.69) is 4.90 Å². The van der Waals surface area contributed by atoms with Gasteiger partial charge in [0.1, 0.15) is 5.82 Å². The van der Waals surface area contributed by atoms with Gasteiger partial charge in [-0.25, -0.2) is 4.39 Å². The third kappa shape index (κ3) is 2.88. The van der Waals surface area contributed by atoms with E-state index in [1.807, 2.05) is 12.1 Å². The molecule has 2 rings (SSSR count). The average Bonchev–Trinajstić information content (AvgIpc) is 2.78. The van der Waals surface area contributed by atoms with Gasteiger partial charge in [-0.05, 0) is 37.1 Å². The molecule has 0 spiro atoms. The number of likely N-dealkylation sites (tertiary alicyclic amines) is 1. The summed E-state index contributed by atoms with van der Waals surface area (Å²) in [4.78, 5) is 15.5. The molecule has 0 aromatic heterocycles. The van der Waals surface area contributed by atoms with Crippen LogP contribution in [0.15, 0.2) is 24.3 Å². The number of halogens is 1. The van der Waals surface area contributed by atoms with Crippen LogP contribution in [-0.2, 0) is 4.79 Å². The zero-order valence-corrected chi connectivity index (χ0v) is 10.9. The van der Waals surface area contributed by atoms with Crippen molar-refractivity contribution in [2.75, 3.05) is 27.2 Å². The molecule has 0 radical (unpaired) electrons. The third-order valence-corrected chi connectivity index (χ3v) is 3.46. The summed E-state index contributed by atoms with van der Waals surface area (Å²) < 4.78 is 12.9. The Balaban J connectivity index is 2.07. The molecule has 0 N–H and O–H groups in total. The zero-order chi connectivity index (χ0) is 13.1. The van der Waals surface area contributed by atoms with Crippen molar-refractivity contribution in [2.24, 2.45) is 0 Å². The van der Waals surface area contributed by atoms with E-state index in [1.165, 1.54) is 12.1 Å². The highest BCUT2D eigenvalue weighted by molar-refractivity contribution is 5.77. The first kappa shape index (κ1) is 13.0. The van der Waals surface area contributed by atoms with Crippen molar-refractivity contribution in [1.82, 2.24) is 9.80 Å². The molecule has 1 aromatic carbocycles. The van der Waals surface area contributed by atoms with Crippen LogP contribution in [0.3, 0.4) is 0 Å². The Bertz CT molecular complexity index is 416. The zero-order valence-electron chi connectivity index (χ0n) is 10.9. The fraction of sp³-hybridized carbons (Fsp3) is 0.500. The second-order valence-corrected chi connectivity index (χ2v) is 4.97. The minimum atomic E-state index is -0.215. The van der Waals surface area contributed by atoms with Gasteiger partial charge in [-0.1, -0.05) is 12.1 Å². The highest BCUT2D eigenvalue weighted by Gasteiger charge is 2.27. The van der Waals surface area contributed by atoms with Crippen LogP contribution in [-0.4, -0.2) is 42.9 Å². The van der Waals surface area contributed by atoms with E-state index in [9.17, 15) is 9.18 Å². The van der Waals surface area contributed by atoms with Crippen molar-refractivity contribution in [3.63, 3.8) is 0 Å². The van der Waals surface area contributed by atoms with Crippen LogP contribution in [0, 0.1) is 5.82 Å². The minimum absolute atomic E-state index is 0.115. The van der Waals surface area contributed by atoms with Gasteiger partial charge in [-0.2, -0.15) is 0 Å². The predicted molar refractivity (Wildman–Crippen MR) is 68.6 cm³/mol. The first-order valence-corrected chi connectivity index (χ1v) is 6.27. The summed E-state index contributed by atoms with van der Waals surface area (Å²) in [5.74, 6) is -0.100. The Hall–Kier alpha value is -1.42. The Morgan fingerprint density at radius 3 is 2.67 bits per heavy atom. The molecule has 1 aliphatic rings. The van der Waals surface area contributed by atoms with Gasteiger partial charge in [0, 0.05) is 20.1 Å². The van der Waals surface area contributed by atoms with Crippen molar-refractivity contribution >= 4 is 5.91 Å². The second kappa shape index (κ2) is 5.48. The topological polar surface area (TPSA) is 23.6 Å². The maximum atomic E-state index is 12.9. The van der Waals surface area contributed by atoms with Gasteiger partial charge >= 0.3 is 0 Å². The van der Waals surface area contributed by atoms with E-state index >= 15 is 0 Å². The summed E-state index contributed by atoms with van der Waals surface area (Å²) in [6, 6.07) is 6.85. The summed E-state index contributed by atoms with van der Waals surface area (Å²) in [6.45, 7) is 1.37. The lowest BCUT2D eigenvalue weighted by atomic mass is 10.0. The molecule has 0 saturated carbocycles. The predicted octanol–water partition coefficient (Wildman–Crippen LogP) is 2.05. The van der Waals surface area contributed by atoms with Crippen molar-refractivity contribution in [2.45, 2.75) is 18.9 Å². The van der Waals surface area contributed by atoms with E-state index in [0.717, 1.165) is 24.9 Å². The Morgan fingerprint density at radius 1 is 1.39 bits per heavy atom. The molecule has 3 nitrogen and oxygen atoms in total. The van der Waals surface area contributed by atoms with Gasteiger partial charge in [-0.15, -0.1) is 0 Å². The van der Waals surface area contributed by atoms with E-state index in [4.69, 9.17) is 0 Å². The standard InChI is InChI=1S/C14H19FN2O/c1-16(2)14(18)10-17-9-3-4-13(17)11-5-7-12(15)8-6-11/h5-8,13H,3-4,9-10H2,1-2H3. The van der Waals surface area contributed by atoms with Crippen LogP contribution in [0.5, 0.6) is 0 Å². The highest BCUT2D eigenvalue weighted by Crippen LogP contribution is 2.31. The number of carbonyl (C=O) groups excluding carboxylic acids is 1. The molecule has 1 amide bonds. The lowest BCUT2D eigenvalue weighted by Gasteiger charge is -2.25. The smallest absolute Gasteiger partial charge is 0.236 e. The summed E-state index contributed by atoms with van der Waals surface area (Å²) in [6.07, 6.45) is 2.12. The number of benzene rings is 1. The number of rotatable bonds is 3. The first-order valence-electron chi connectivity index (χ1n) is 6.27. The van der Waals surface area contributed by atoms with Crippen LogP contribution in [0.2, 0.25) is 0 Å². The Morgan fingerprint density at radius 2 is 2.06 bits per heavy atom. The van der Waals surface area contributed by atoms with Crippen LogP contribution in [0.4, 0.5) is 4.39 Å². The molecule has 18 heavy (non-hydrogen) atoms. The van der Waals surface area contributed by atoms with E-state index < -0.39 is 0 Å². The van der Waals surface area contributed by atoms with Gasteiger partial charge in [-0.3, -0.25) is 9.69 Å². The molecular formula is C14H19FN2O. The van der Waals surface area contributed by atoms with Crippen LogP contribution in [0.1, 0.15) is 24.4 Å². The quantitative estimate of drug-likeness (QED) is 0.819. The molecule has 0 aliphatic carbocycles. The van der Waals surface area contributed by atoms with E-state index in [-0.39, 0.29) is 17.8 Å². The van der Waals surface area contributed by atoms with Crippen molar-refractivity contribution in [3.8, 4) is 0 Å². The molecule has 98 valence electrons. The third-order valence-electron chi connectivity index (χ3n) is 3.46. The first-order chi connectivity index (χ1) is 8.58. The van der Waals surface area contributed by atoms with E-state index in [1.54, 1.807) is 19.0 Å². The molecule has 1 atom stereocenters. The number of hydrogen-bond donors (Lipinski definition) is 0. The number of likely N-dealkylation sites (N-methyl/N-ethyl adjacent to an activating group) is 1. The summed E-state index contributed by atoms with van der Waals surface area (Å²) in [7, 11) is 3.54. The van der Waals surface area contributed by atoms with Gasteiger partial charge in [0.05, 0.1) is 6.54 Å². The van der Waals surface area contributed by atoms with Crippen molar-refractivity contribution < 1.29 is 9.18 Å². The molecular weight excluding hydrogens is 231 g/mol. The van der Waals surface area contributed by atoms with Crippen LogP contribution in [0.25, 0.3) is 0 Å². The summed E-state index contributed by atoms with van der Waals surface area (Å²) in [5.41, 5.74) is 1.10. The Labute approximate surface area is 107 Å². The van der Waals surface area contributed by atoms with E-state index in [0.29, 0.717) is 6.54 Å². The number of nitrogens with zero attached hydrogens (tertiary/aromatic N) is 2. The van der Waals surface area contributed by atoms with Crippen LogP contribution >= 0.6 is 0 Å². The van der Waals surface area contributed by atoms with Crippen molar-refractivity contribution in [3.05, 3.63) is 35.6 Å². The van der Waals surface area contributed by atoms with Gasteiger partial charge < -0.3 is 4.90 Å². The van der Waals surface area contributed by atoms with Crippen molar-refractivity contribution in [1.29, 1.82) is 0 Å². The molecule has 1 fully saturated rings. The monoisotopic (exact) mass is 250 g/mol. The molecule has 1 saturated heterocycles. The fourth-order valence-electron chi connectivity index (χ4n) is 2.39. The number of hydrogen-bond acceptors (Lipinski definition) is 2. The molecule has 1 aromatic rings. The van der Waals surface area contributed by atoms with Gasteiger partial charge in [0.25, 0.3) is 0 Å². The van der Waals surface area contributed by atoms with Gasteiger partial charge in [0.15, 0.2) is 0 Å². The lowest BCUT2D eigenvalue weighted by molar-refractivity contribution is -0.130. The average molecular weight is 250 g/mol. The van der Waals surface area contributed by atoms with Gasteiger partial charge in [0.2, 0.25) is 5.91 Å². The number of carbonyl (C=O) groups is 1. The molecule has 1 unspecified atom stereocenters. The highest BCUT2D eigenvalue weighted by atomic mass is 19.1. The summed E-state index contributed by atoms with van der Waals surface area (Å²) >= 11 is 0. The molecule has 1 aliphatic heterocycles. The number of amides is 1. The Kier molecular flexibility index (Phi) is 3.97. The normalized spacial score (nSPS) is 20.1. The lowest BCUT2D eigenvalue weighted by Crippen LogP contribution is -2.36. The van der Waals surface area contributed by atoms with Crippen LogP contribution < -0.4 is 0 Å².